The molecule has 1 heterocycles. The normalized spacial score (nSPS) is 11.5. The Morgan fingerprint density at radius 1 is 0.970 bits per heavy atom. The number of carbonyl (C=O) groups excluding carboxylic acids is 1. The summed E-state index contributed by atoms with van der Waals surface area (Å²) in [6.07, 6.45) is 1.11. The summed E-state index contributed by atoms with van der Waals surface area (Å²) in [5.41, 5.74) is 6.03. The number of carbonyl (C=O) groups is 1. The summed E-state index contributed by atoms with van der Waals surface area (Å²) < 4.78 is 27.1. The van der Waals surface area contributed by atoms with Crippen LogP contribution in [0.15, 0.2) is 60.7 Å². The number of anilines is 2. The van der Waals surface area contributed by atoms with Gasteiger partial charge >= 0.3 is 0 Å². The zero-order valence-corrected chi connectivity index (χ0v) is 20.5. The second kappa shape index (κ2) is 8.96. The summed E-state index contributed by atoms with van der Waals surface area (Å²) in [6.45, 7) is 5.52. The maximum Gasteiger partial charge on any atom is 0.245 e. The van der Waals surface area contributed by atoms with Crippen LogP contribution in [0, 0.1) is 20.8 Å². The maximum absolute atomic E-state index is 12.7. The lowest BCUT2D eigenvalue weighted by Gasteiger charge is -2.24. The molecule has 6 nitrogen and oxygen atoms in total. The van der Waals surface area contributed by atoms with Gasteiger partial charge in [0.05, 0.1) is 22.2 Å². The first kappa shape index (κ1) is 22.9. The highest BCUT2D eigenvalue weighted by Gasteiger charge is 2.22. The van der Waals surface area contributed by atoms with Gasteiger partial charge in [0.2, 0.25) is 15.9 Å². The first-order valence-corrected chi connectivity index (χ1v) is 13.1. The lowest BCUT2D eigenvalue weighted by molar-refractivity contribution is -0.114. The van der Waals surface area contributed by atoms with Crippen LogP contribution in [0.25, 0.3) is 20.8 Å². The lowest BCUT2D eigenvalue weighted by atomic mass is 10.1. The van der Waals surface area contributed by atoms with Crippen LogP contribution < -0.4 is 9.62 Å². The zero-order chi connectivity index (χ0) is 23.8. The van der Waals surface area contributed by atoms with Gasteiger partial charge in [0.15, 0.2) is 0 Å². The molecule has 0 radical (unpaired) electrons. The molecule has 0 aliphatic heterocycles. The predicted molar refractivity (Wildman–Crippen MR) is 137 cm³/mol. The molecule has 0 bridgehead atoms. The molecule has 0 aliphatic carbocycles. The zero-order valence-electron chi connectivity index (χ0n) is 18.9. The van der Waals surface area contributed by atoms with Crippen LogP contribution >= 0.6 is 11.3 Å². The molecular weight excluding hydrogens is 454 g/mol. The van der Waals surface area contributed by atoms with Crippen LogP contribution in [0.3, 0.4) is 0 Å². The Morgan fingerprint density at radius 3 is 2.30 bits per heavy atom. The van der Waals surface area contributed by atoms with E-state index in [0.717, 1.165) is 42.5 Å². The SMILES string of the molecule is Cc1ccc(N(CC(=O)Nc2ccc(-c3nc4ccc(C)cc4s3)cc2)S(C)(=O)=O)c(C)c1. The minimum absolute atomic E-state index is 0.304. The van der Waals surface area contributed by atoms with E-state index in [2.05, 4.69) is 23.3 Å². The van der Waals surface area contributed by atoms with Crippen molar-refractivity contribution in [1.82, 2.24) is 4.98 Å². The largest absolute Gasteiger partial charge is 0.325 e. The Morgan fingerprint density at radius 2 is 1.64 bits per heavy atom. The third-order valence-electron chi connectivity index (χ3n) is 5.27. The highest BCUT2D eigenvalue weighted by Crippen LogP contribution is 2.31. The molecule has 33 heavy (non-hydrogen) atoms. The molecular formula is C25H25N3O3S2. The molecule has 8 heteroatoms. The van der Waals surface area contributed by atoms with Crippen molar-refractivity contribution in [2.24, 2.45) is 0 Å². The van der Waals surface area contributed by atoms with Crippen LogP contribution in [0.1, 0.15) is 16.7 Å². The van der Waals surface area contributed by atoms with Crippen LogP contribution in [0.5, 0.6) is 0 Å². The van der Waals surface area contributed by atoms with Gasteiger partial charge in [0, 0.05) is 11.3 Å². The smallest absolute Gasteiger partial charge is 0.245 e. The van der Waals surface area contributed by atoms with Gasteiger partial charge in [0.25, 0.3) is 0 Å². The quantitative estimate of drug-likeness (QED) is 0.407. The van der Waals surface area contributed by atoms with E-state index in [-0.39, 0.29) is 6.54 Å². The summed E-state index contributed by atoms with van der Waals surface area (Å²) in [4.78, 5) is 17.4. The van der Waals surface area contributed by atoms with Gasteiger partial charge in [-0.15, -0.1) is 11.3 Å². The number of nitrogens with zero attached hydrogens (tertiary/aromatic N) is 2. The lowest BCUT2D eigenvalue weighted by Crippen LogP contribution is -2.37. The highest BCUT2D eigenvalue weighted by molar-refractivity contribution is 7.92. The van der Waals surface area contributed by atoms with Gasteiger partial charge in [-0.3, -0.25) is 9.10 Å². The number of benzene rings is 3. The molecule has 3 aromatic carbocycles. The number of amides is 1. The summed E-state index contributed by atoms with van der Waals surface area (Å²) in [7, 11) is -3.63. The van der Waals surface area contributed by atoms with E-state index in [0.29, 0.717) is 11.4 Å². The number of nitrogens with one attached hydrogen (secondary N) is 1. The Balaban J connectivity index is 1.50. The van der Waals surface area contributed by atoms with Gasteiger partial charge < -0.3 is 5.32 Å². The molecule has 0 spiro atoms. The van der Waals surface area contributed by atoms with Gasteiger partial charge in [-0.05, 0) is 74.4 Å². The molecule has 4 aromatic rings. The van der Waals surface area contributed by atoms with E-state index in [1.807, 2.05) is 50.2 Å². The molecule has 0 saturated heterocycles. The number of aromatic nitrogens is 1. The number of hydrogen-bond acceptors (Lipinski definition) is 5. The third-order valence-corrected chi connectivity index (χ3v) is 7.46. The van der Waals surface area contributed by atoms with Crippen LogP contribution in [0.4, 0.5) is 11.4 Å². The minimum Gasteiger partial charge on any atom is -0.325 e. The Kier molecular flexibility index (Phi) is 6.23. The van der Waals surface area contributed by atoms with Crippen LogP contribution in [0.2, 0.25) is 0 Å². The molecule has 170 valence electrons. The number of thiazole rings is 1. The fourth-order valence-corrected chi connectivity index (χ4v) is 5.63. The van der Waals surface area contributed by atoms with Crippen molar-refractivity contribution in [2.75, 3.05) is 22.4 Å². The number of sulfonamides is 1. The molecule has 0 fully saturated rings. The van der Waals surface area contributed by atoms with Crippen molar-refractivity contribution in [1.29, 1.82) is 0 Å². The topological polar surface area (TPSA) is 79.4 Å². The Hall–Kier alpha value is -3.23. The number of hydrogen-bond donors (Lipinski definition) is 1. The van der Waals surface area contributed by atoms with E-state index in [4.69, 9.17) is 0 Å². The van der Waals surface area contributed by atoms with E-state index >= 15 is 0 Å². The Labute approximate surface area is 198 Å². The summed E-state index contributed by atoms with van der Waals surface area (Å²) in [5.74, 6) is -0.413. The molecule has 0 atom stereocenters. The number of fused-ring (bicyclic) bond motifs is 1. The van der Waals surface area contributed by atoms with Gasteiger partial charge in [-0.2, -0.15) is 0 Å². The molecule has 0 saturated carbocycles. The third kappa shape index (κ3) is 5.23. The Bertz CT molecular complexity index is 1440. The second-order valence-corrected chi connectivity index (χ2v) is 11.1. The van der Waals surface area contributed by atoms with Crippen molar-refractivity contribution < 1.29 is 13.2 Å². The van der Waals surface area contributed by atoms with E-state index in [1.165, 1.54) is 5.56 Å². The summed E-state index contributed by atoms with van der Waals surface area (Å²) >= 11 is 1.62. The average Bonchev–Trinajstić information content (AvgIpc) is 3.15. The monoisotopic (exact) mass is 479 g/mol. The first-order chi connectivity index (χ1) is 15.6. The van der Waals surface area contributed by atoms with Gasteiger partial charge in [-0.1, -0.05) is 23.8 Å². The first-order valence-electron chi connectivity index (χ1n) is 10.4. The van der Waals surface area contributed by atoms with Crippen LogP contribution in [-0.2, 0) is 14.8 Å². The van der Waals surface area contributed by atoms with Crippen molar-refractivity contribution in [3.8, 4) is 10.6 Å². The van der Waals surface area contributed by atoms with Crippen LogP contribution in [-0.4, -0.2) is 32.1 Å². The number of aryl methyl sites for hydroxylation is 3. The second-order valence-electron chi connectivity index (χ2n) is 8.18. The van der Waals surface area contributed by atoms with Crippen molar-refractivity contribution >= 4 is 48.9 Å². The minimum atomic E-state index is -3.63. The van der Waals surface area contributed by atoms with Crippen molar-refractivity contribution in [3.63, 3.8) is 0 Å². The fourth-order valence-electron chi connectivity index (χ4n) is 3.65. The molecule has 1 amide bonds. The maximum atomic E-state index is 12.7. The average molecular weight is 480 g/mol. The van der Waals surface area contributed by atoms with Gasteiger partial charge in [-0.25, -0.2) is 13.4 Å². The summed E-state index contributed by atoms with van der Waals surface area (Å²) in [6, 6.07) is 19.0. The number of rotatable bonds is 6. The molecule has 0 aliphatic rings. The molecule has 1 N–H and O–H groups in total. The standard InChI is InChI=1S/C25H25N3O3S2/c1-16-6-12-22(18(3)13-16)28(33(4,30)31)15-24(29)26-20-9-7-19(8-10-20)25-27-21-11-5-17(2)14-23(21)32-25/h5-14H,15H2,1-4H3,(H,26,29). The molecule has 0 unspecified atom stereocenters. The summed E-state index contributed by atoms with van der Waals surface area (Å²) in [5, 5.41) is 3.70. The van der Waals surface area contributed by atoms with Gasteiger partial charge in [0.1, 0.15) is 11.6 Å². The van der Waals surface area contributed by atoms with Crippen molar-refractivity contribution in [3.05, 3.63) is 77.4 Å². The molecule has 4 rings (SSSR count). The van der Waals surface area contributed by atoms with Crippen molar-refractivity contribution in [2.45, 2.75) is 20.8 Å². The molecule has 1 aromatic heterocycles. The van der Waals surface area contributed by atoms with E-state index < -0.39 is 15.9 Å². The van der Waals surface area contributed by atoms with E-state index in [1.54, 1.807) is 29.5 Å². The van der Waals surface area contributed by atoms with E-state index in [9.17, 15) is 13.2 Å². The predicted octanol–water partition coefficient (Wildman–Crippen LogP) is 5.29. The fraction of sp³-hybridized carbons (Fsp3) is 0.200. The highest BCUT2D eigenvalue weighted by atomic mass is 32.2.